The lowest BCUT2D eigenvalue weighted by molar-refractivity contribution is 0.415. The molecule has 1 aliphatic carbocycles. The molecule has 1 aliphatic heterocycles. The van der Waals surface area contributed by atoms with Crippen LogP contribution >= 0.6 is 0 Å². The Morgan fingerprint density at radius 1 is 1.55 bits per heavy atom. The van der Waals surface area contributed by atoms with E-state index in [-0.39, 0.29) is 0 Å². The minimum Gasteiger partial charge on any atom is -0.496 e. The van der Waals surface area contributed by atoms with E-state index >= 15 is 0 Å². The molecule has 2 rings (SSSR count). The monoisotopic (exact) mass is 147 g/mol. The van der Waals surface area contributed by atoms with E-state index in [0.29, 0.717) is 0 Å². The van der Waals surface area contributed by atoms with Crippen molar-refractivity contribution in [3.05, 3.63) is 30.7 Å². The van der Waals surface area contributed by atoms with Crippen molar-refractivity contribution in [2.75, 3.05) is 7.11 Å². The normalized spacial score (nSPS) is 10.3. The van der Waals surface area contributed by atoms with Crippen molar-refractivity contribution in [2.45, 2.75) is 0 Å². The molecule has 0 fully saturated rings. The number of hydrogen-bond donors (Lipinski definition) is 0. The summed E-state index contributed by atoms with van der Waals surface area (Å²) in [4.78, 5) is 0. The van der Waals surface area contributed by atoms with Gasteiger partial charge < -0.3 is 9.15 Å². The molecule has 0 atom stereocenters. The van der Waals surface area contributed by atoms with E-state index in [9.17, 15) is 0 Å². The lowest BCUT2D eigenvalue weighted by Crippen LogP contribution is -1.75. The molecule has 0 N–H and O–H groups in total. The molecule has 0 amide bonds. The molecule has 0 aromatic heterocycles. The second-order valence-electron chi connectivity index (χ2n) is 2.26. The summed E-state index contributed by atoms with van der Waals surface area (Å²) < 4.78 is 9.97. The molecular weight excluding hydrogens is 140 g/mol. The number of methoxy groups -OCH3 is 1. The van der Waals surface area contributed by atoms with Gasteiger partial charge in [-0.25, -0.2) is 0 Å². The molecule has 1 heterocycles. The Bertz CT molecular complexity index is 294. The van der Waals surface area contributed by atoms with Crippen LogP contribution in [0.15, 0.2) is 29.1 Å². The van der Waals surface area contributed by atoms with Crippen LogP contribution in [0.3, 0.4) is 0 Å². The first kappa shape index (κ1) is 6.28. The molecule has 0 unspecified atom stereocenters. The van der Waals surface area contributed by atoms with E-state index in [1.807, 2.05) is 12.1 Å². The summed E-state index contributed by atoms with van der Waals surface area (Å²) in [5, 5.41) is 0. The summed E-state index contributed by atoms with van der Waals surface area (Å²) in [6.07, 6.45) is 3.30. The molecule has 2 nitrogen and oxygen atoms in total. The molecule has 0 saturated carbocycles. The molecule has 11 heavy (non-hydrogen) atoms. The zero-order valence-electron chi connectivity index (χ0n) is 6.13. The number of ether oxygens (including phenoxy) is 1. The van der Waals surface area contributed by atoms with E-state index in [4.69, 9.17) is 9.15 Å². The maximum atomic E-state index is 5.00. The summed E-state index contributed by atoms with van der Waals surface area (Å²) in [6.45, 7) is 0. The first-order valence-electron chi connectivity index (χ1n) is 3.32. The molecular formula is C9H7O2. The van der Waals surface area contributed by atoms with E-state index in [1.54, 1.807) is 19.6 Å². The highest BCUT2D eigenvalue weighted by Gasteiger charge is 2.06. The minimum absolute atomic E-state index is 0.751. The minimum atomic E-state index is 0.751. The van der Waals surface area contributed by atoms with Crippen molar-refractivity contribution in [1.82, 2.24) is 0 Å². The van der Waals surface area contributed by atoms with E-state index in [0.717, 1.165) is 16.9 Å². The van der Waals surface area contributed by atoms with Gasteiger partial charge in [0.25, 0.3) is 0 Å². The predicted octanol–water partition coefficient (Wildman–Crippen LogP) is 2.19. The maximum Gasteiger partial charge on any atom is 0.128 e. The van der Waals surface area contributed by atoms with Gasteiger partial charge in [-0.3, -0.25) is 0 Å². The van der Waals surface area contributed by atoms with Crippen LogP contribution in [0.25, 0.3) is 11.1 Å². The first-order chi connectivity index (χ1) is 5.40. The zero-order chi connectivity index (χ0) is 7.68. The van der Waals surface area contributed by atoms with Crippen molar-refractivity contribution in [3.63, 3.8) is 0 Å². The van der Waals surface area contributed by atoms with E-state index in [1.165, 1.54) is 0 Å². The molecule has 1 radical (unpaired) electrons. The van der Waals surface area contributed by atoms with Crippen LogP contribution in [-0.2, 0) is 0 Å². The summed E-state index contributed by atoms with van der Waals surface area (Å²) in [7, 11) is 1.63. The van der Waals surface area contributed by atoms with Crippen LogP contribution in [0.1, 0.15) is 0 Å². The lowest BCUT2D eigenvalue weighted by atomic mass is 10.2. The average Bonchev–Trinajstić information content (AvgIpc) is 2.46. The molecule has 2 aliphatic rings. The highest BCUT2D eigenvalue weighted by atomic mass is 16.5. The van der Waals surface area contributed by atoms with Gasteiger partial charge in [-0.05, 0) is 17.7 Å². The van der Waals surface area contributed by atoms with Gasteiger partial charge in [0, 0.05) is 11.6 Å². The van der Waals surface area contributed by atoms with Gasteiger partial charge in [0.05, 0.1) is 19.6 Å². The molecule has 0 aromatic rings. The third-order valence-corrected chi connectivity index (χ3v) is 1.58. The largest absolute Gasteiger partial charge is 0.496 e. The van der Waals surface area contributed by atoms with E-state index in [2.05, 4.69) is 6.07 Å². The quantitative estimate of drug-likeness (QED) is 0.616. The lowest BCUT2D eigenvalue weighted by Gasteiger charge is -1.90. The fourth-order valence-electron chi connectivity index (χ4n) is 1.03. The Morgan fingerprint density at radius 3 is 3.18 bits per heavy atom. The molecule has 0 spiro atoms. The standard InChI is InChI=1S/C9H7O2/c1-10-9-4-7-2-3-11-6-8(7)5-9/h2-3,5-6H,1H3. The van der Waals surface area contributed by atoms with Crippen LogP contribution in [0.2, 0.25) is 0 Å². The Balaban J connectivity index is 2.60. The Morgan fingerprint density at radius 2 is 2.45 bits per heavy atom. The summed E-state index contributed by atoms with van der Waals surface area (Å²) in [6, 6.07) is 6.81. The van der Waals surface area contributed by atoms with Crippen molar-refractivity contribution in [3.8, 4) is 16.9 Å². The van der Waals surface area contributed by atoms with E-state index < -0.39 is 0 Å². The van der Waals surface area contributed by atoms with Gasteiger partial charge in [0.2, 0.25) is 0 Å². The number of hydrogen-bond acceptors (Lipinski definition) is 2. The molecule has 55 valence electrons. The zero-order valence-corrected chi connectivity index (χ0v) is 6.13. The van der Waals surface area contributed by atoms with Crippen LogP contribution in [-0.4, -0.2) is 7.11 Å². The molecule has 0 bridgehead atoms. The van der Waals surface area contributed by atoms with Crippen LogP contribution in [0.5, 0.6) is 5.75 Å². The van der Waals surface area contributed by atoms with Gasteiger partial charge in [0.1, 0.15) is 5.75 Å². The highest BCUT2D eigenvalue weighted by Crippen LogP contribution is 2.28. The summed E-state index contributed by atoms with van der Waals surface area (Å²) in [5.41, 5.74) is 2.04. The van der Waals surface area contributed by atoms with Crippen LogP contribution < -0.4 is 4.74 Å². The van der Waals surface area contributed by atoms with Gasteiger partial charge in [-0.2, -0.15) is 0 Å². The second kappa shape index (κ2) is 2.31. The van der Waals surface area contributed by atoms with Crippen molar-refractivity contribution in [2.24, 2.45) is 0 Å². The van der Waals surface area contributed by atoms with Crippen molar-refractivity contribution in [1.29, 1.82) is 0 Å². The van der Waals surface area contributed by atoms with Gasteiger partial charge in [-0.1, -0.05) is 0 Å². The predicted molar refractivity (Wildman–Crippen MR) is 40.7 cm³/mol. The summed E-state index contributed by atoms with van der Waals surface area (Å²) >= 11 is 0. The average molecular weight is 147 g/mol. The third kappa shape index (κ3) is 0.963. The maximum absolute atomic E-state index is 5.00. The van der Waals surface area contributed by atoms with Crippen molar-refractivity contribution >= 4 is 0 Å². The van der Waals surface area contributed by atoms with Crippen molar-refractivity contribution < 1.29 is 9.15 Å². The molecule has 0 saturated heterocycles. The van der Waals surface area contributed by atoms with Gasteiger partial charge in [0.15, 0.2) is 0 Å². The molecule has 2 heteroatoms. The third-order valence-electron chi connectivity index (χ3n) is 1.58. The topological polar surface area (TPSA) is 22.4 Å². The smallest absolute Gasteiger partial charge is 0.128 e. The highest BCUT2D eigenvalue weighted by molar-refractivity contribution is 5.67. The number of fused-ring (bicyclic) bond motifs is 1. The van der Waals surface area contributed by atoms with Crippen LogP contribution in [0.4, 0.5) is 0 Å². The Hall–Kier alpha value is -1.44. The van der Waals surface area contributed by atoms with Crippen LogP contribution in [0, 0.1) is 6.07 Å². The first-order valence-corrected chi connectivity index (χ1v) is 3.32. The second-order valence-corrected chi connectivity index (χ2v) is 2.26. The van der Waals surface area contributed by atoms with Gasteiger partial charge >= 0.3 is 0 Å². The SMILES string of the molecule is COc1[c]c2ccocc-2c1. The summed E-state index contributed by atoms with van der Waals surface area (Å²) in [5.74, 6) is 0.751. The fraction of sp³-hybridized carbons (Fsp3) is 0.111. The fourth-order valence-corrected chi connectivity index (χ4v) is 1.03. The number of rotatable bonds is 1. The Labute approximate surface area is 64.7 Å². The molecule has 0 aromatic carbocycles. The Kier molecular flexibility index (Phi) is 1.32. The van der Waals surface area contributed by atoms with Gasteiger partial charge in [-0.15, -0.1) is 0 Å².